The molecule has 0 radical (unpaired) electrons. The molecule has 31 heavy (non-hydrogen) atoms. The van der Waals surface area contributed by atoms with Gasteiger partial charge in [-0.25, -0.2) is 9.69 Å². The largest absolute Gasteiger partial charge is 0.497 e. The highest BCUT2D eigenvalue weighted by atomic mass is 16.5. The minimum atomic E-state index is -0.932. The highest BCUT2D eigenvalue weighted by Gasteiger charge is 2.46. The number of amides is 4. The summed E-state index contributed by atoms with van der Waals surface area (Å²) in [7, 11) is 3.02. The number of carbonyl (C=O) groups is 3. The summed E-state index contributed by atoms with van der Waals surface area (Å²) in [6.45, 7) is 5.69. The van der Waals surface area contributed by atoms with Crippen LogP contribution in [-0.2, 0) is 9.59 Å². The Morgan fingerprint density at radius 3 is 2.39 bits per heavy atom. The number of rotatable bonds is 8. The number of nitrogens with zero attached hydrogens (tertiary/aromatic N) is 2. The average molecular weight is 423 g/mol. The summed E-state index contributed by atoms with van der Waals surface area (Å²) in [4.78, 5) is 41.3. The molecule has 8 heteroatoms. The van der Waals surface area contributed by atoms with E-state index in [1.165, 1.54) is 25.2 Å². The van der Waals surface area contributed by atoms with E-state index < -0.39 is 23.9 Å². The lowest BCUT2D eigenvalue weighted by atomic mass is 10.1. The van der Waals surface area contributed by atoms with Gasteiger partial charge in [0.1, 0.15) is 17.5 Å². The molecule has 0 aliphatic carbocycles. The second kappa shape index (κ2) is 9.34. The zero-order valence-electron chi connectivity index (χ0n) is 17.8. The summed E-state index contributed by atoms with van der Waals surface area (Å²) in [5.41, 5.74) is 1.86. The molecule has 4 amide bonds. The molecule has 1 aliphatic heterocycles. The van der Waals surface area contributed by atoms with Crippen molar-refractivity contribution in [3.05, 3.63) is 60.7 Å². The van der Waals surface area contributed by atoms with Crippen LogP contribution in [0.5, 0.6) is 11.5 Å². The van der Waals surface area contributed by atoms with E-state index in [-0.39, 0.29) is 13.0 Å². The third kappa shape index (κ3) is 4.69. The molecule has 1 aliphatic rings. The molecule has 1 heterocycles. The number of carbonyl (C=O) groups excluding carboxylic acids is 3. The number of anilines is 2. The van der Waals surface area contributed by atoms with Crippen LogP contribution in [-0.4, -0.2) is 49.6 Å². The van der Waals surface area contributed by atoms with E-state index in [1.54, 1.807) is 36.4 Å². The molecule has 0 saturated carbocycles. The Bertz CT molecular complexity index is 998. The fraction of sp³-hybridized carbons (Fsp3) is 0.261. The summed E-state index contributed by atoms with van der Waals surface area (Å²) in [5.74, 6) is 0.166. The van der Waals surface area contributed by atoms with Gasteiger partial charge in [-0.3, -0.25) is 9.59 Å². The van der Waals surface area contributed by atoms with Gasteiger partial charge in [0.2, 0.25) is 5.91 Å². The van der Waals surface area contributed by atoms with Gasteiger partial charge in [-0.2, -0.15) is 0 Å². The Kier molecular flexibility index (Phi) is 6.59. The minimum absolute atomic E-state index is 0.151. The first-order chi connectivity index (χ1) is 14.9. The van der Waals surface area contributed by atoms with Gasteiger partial charge in [-0.05, 0) is 24.6 Å². The average Bonchev–Trinajstić information content (AvgIpc) is 2.97. The van der Waals surface area contributed by atoms with Crippen molar-refractivity contribution >= 4 is 29.2 Å². The maximum atomic E-state index is 13.1. The van der Waals surface area contributed by atoms with Gasteiger partial charge in [0.15, 0.2) is 0 Å². The second-order valence-corrected chi connectivity index (χ2v) is 7.11. The van der Waals surface area contributed by atoms with Crippen LogP contribution in [0.4, 0.5) is 16.2 Å². The zero-order chi connectivity index (χ0) is 22.5. The first kappa shape index (κ1) is 21.9. The van der Waals surface area contributed by atoms with Crippen molar-refractivity contribution in [2.24, 2.45) is 0 Å². The molecule has 1 atom stereocenters. The summed E-state index contributed by atoms with van der Waals surface area (Å²) >= 11 is 0. The summed E-state index contributed by atoms with van der Waals surface area (Å²) in [6, 6.07) is 10.7. The molecule has 1 saturated heterocycles. The number of ether oxygens (including phenoxy) is 2. The van der Waals surface area contributed by atoms with Crippen LogP contribution in [0, 0.1) is 6.92 Å². The van der Waals surface area contributed by atoms with E-state index in [2.05, 4.69) is 11.9 Å². The summed E-state index contributed by atoms with van der Waals surface area (Å²) < 4.78 is 10.4. The summed E-state index contributed by atoms with van der Waals surface area (Å²) in [5, 5.41) is 2.75. The van der Waals surface area contributed by atoms with Crippen LogP contribution in [0.3, 0.4) is 0 Å². The van der Waals surface area contributed by atoms with Crippen molar-refractivity contribution in [2.45, 2.75) is 19.4 Å². The lowest BCUT2D eigenvalue weighted by Gasteiger charge is -2.19. The van der Waals surface area contributed by atoms with E-state index >= 15 is 0 Å². The van der Waals surface area contributed by atoms with Gasteiger partial charge in [-0.15, -0.1) is 6.58 Å². The maximum Gasteiger partial charge on any atom is 0.332 e. The Labute approximate surface area is 181 Å². The number of benzene rings is 2. The number of nitrogens with one attached hydrogen (secondary N) is 1. The quantitative estimate of drug-likeness (QED) is 0.520. The first-order valence-electron chi connectivity index (χ1n) is 9.73. The van der Waals surface area contributed by atoms with Crippen LogP contribution in [0.1, 0.15) is 12.0 Å². The van der Waals surface area contributed by atoms with Gasteiger partial charge >= 0.3 is 6.03 Å². The molecule has 0 spiro atoms. The lowest BCUT2D eigenvalue weighted by molar-refractivity contribution is -0.124. The normalized spacial score (nSPS) is 15.8. The molecule has 0 aromatic heterocycles. The van der Waals surface area contributed by atoms with Crippen molar-refractivity contribution in [3.8, 4) is 11.5 Å². The van der Waals surface area contributed by atoms with Crippen LogP contribution in [0.25, 0.3) is 0 Å². The topological polar surface area (TPSA) is 88.2 Å². The number of urea groups is 1. The Morgan fingerprint density at radius 2 is 1.81 bits per heavy atom. The predicted molar refractivity (Wildman–Crippen MR) is 118 cm³/mol. The Hall–Kier alpha value is -3.81. The van der Waals surface area contributed by atoms with E-state index in [4.69, 9.17) is 9.47 Å². The third-order valence-corrected chi connectivity index (χ3v) is 4.92. The molecule has 1 N–H and O–H groups in total. The van der Waals surface area contributed by atoms with Crippen molar-refractivity contribution < 1.29 is 23.9 Å². The third-order valence-electron chi connectivity index (χ3n) is 4.92. The van der Waals surface area contributed by atoms with Crippen LogP contribution in [0.2, 0.25) is 0 Å². The van der Waals surface area contributed by atoms with Crippen LogP contribution >= 0.6 is 0 Å². The number of methoxy groups -OCH3 is 2. The van der Waals surface area contributed by atoms with E-state index in [1.807, 2.05) is 13.0 Å². The molecule has 162 valence electrons. The van der Waals surface area contributed by atoms with Crippen molar-refractivity contribution in [1.29, 1.82) is 0 Å². The van der Waals surface area contributed by atoms with Crippen LogP contribution in [0.15, 0.2) is 55.1 Å². The van der Waals surface area contributed by atoms with Gasteiger partial charge in [0.25, 0.3) is 5.91 Å². The molecule has 0 bridgehead atoms. The summed E-state index contributed by atoms with van der Waals surface area (Å²) in [6.07, 6.45) is 1.34. The smallest absolute Gasteiger partial charge is 0.332 e. The molecule has 1 fully saturated rings. The van der Waals surface area contributed by atoms with Gasteiger partial charge in [0, 0.05) is 30.4 Å². The molecule has 2 aromatic rings. The highest BCUT2D eigenvalue weighted by molar-refractivity contribution is 6.22. The Balaban J connectivity index is 1.82. The van der Waals surface area contributed by atoms with E-state index in [9.17, 15) is 14.4 Å². The zero-order valence-corrected chi connectivity index (χ0v) is 17.8. The minimum Gasteiger partial charge on any atom is -0.497 e. The maximum absolute atomic E-state index is 13.1. The van der Waals surface area contributed by atoms with Gasteiger partial charge in [-0.1, -0.05) is 18.2 Å². The lowest BCUT2D eigenvalue weighted by Crippen LogP contribution is -2.38. The SMILES string of the molecule is C=CCN1C(=O)N(c2cccc(C)c2)C(=O)[C@@H]1CC(=O)Nc1cc(OC)cc(OC)c1. The second-order valence-electron chi connectivity index (χ2n) is 7.11. The number of hydrogen-bond donors (Lipinski definition) is 1. The Morgan fingerprint density at radius 1 is 1.13 bits per heavy atom. The molecular formula is C23H25N3O5. The van der Waals surface area contributed by atoms with Crippen LogP contribution < -0.4 is 19.7 Å². The van der Waals surface area contributed by atoms with Crippen molar-refractivity contribution in [1.82, 2.24) is 4.90 Å². The standard InChI is InChI=1S/C23H25N3O5/c1-5-9-25-20(22(28)26(23(25)29)17-8-6-7-15(2)10-17)14-21(27)24-16-11-18(30-3)13-19(12-16)31-4/h5-8,10-13,20H,1,9,14H2,2-4H3,(H,24,27)/t20-/m0/s1. The molecular weight excluding hydrogens is 398 g/mol. The van der Waals surface area contributed by atoms with Crippen molar-refractivity contribution in [3.63, 3.8) is 0 Å². The number of aryl methyl sites for hydroxylation is 1. The highest BCUT2D eigenvalue weighted by Crippen LogP contribution is 2.29. The monoisotopic (exact) mass is 423 g/mol. The van der Waals surface area contributed by atoms with E-state index in [0.29, 0.717) is 22.9 Å². The van der Waals surface area contributed by atoms with Gasteiger partial charge in [0.05, 0.1) is 26.3 Å². The number of hydrogen-bond acceptors (Lipinski definition) is 5. The fourth-order valence-corrected chi connectivity index (χ4v) is 3.45. The molecule has 3 rings (SSSR count). The molecule has 8 nitrogen and oxygen atoms in total. The fourth-order valence-electron chi connectivity index (χ4n) is 3.45. The molecule has 2 aromatic carbocycles. The number of imide groups is 1. The molecule has 0 unspecified atom stereocenters. The van der Waals surface area contributed by atoms with Gasteiger partial charge < -0.3 is 19.7 Å². The first-order valence-corrected chi connectivity index (χ1v) is 9.73. The predicted octanol–water partition coefficient (Wildman–Crippen LogP) is 3.36. The van der Waals surface area contributed by atoms with Crippen molar-refractivity contribution in [2.75, 3.05) is 31.0 Å². The van der Waals surface area contributed by atoms with E-state index in [0.717, 1.165) is 10.5 Å².